The fourth-order valence-corrected chi connectivity index (χ4v) is 2.39. The Bertz CT molecular complexity index is 514. The van der Waals surface area contributed by atoms with Gasteiger partial charge in [0.1, 0.15) is 0 Å². The molecule has 0 amide bonds. The van der Waals surface area contributed by atoms with Gasteiger partial charge in [0.25, 0.3) is 5.69 Å². The van der Waals surface area contributed by atoms with E-state index < -0.39 is 10.9 Å². The molecule has 0 radical (unpaired) electrons. The molecule has 0 saturated carbocycles. The van der Waals surface area contributed by atoms with Crippen LogP contribution in [0.3, 0.4) is 0 Å². The van der Waals surface area contributed by atoms with Crippen LogP contribution >= 0.6 is 0 Å². The van der Waals surface area contributed by atoms with E-state index in [1.54, 1.807) is 4.90 Å². The summed E-state index contributed by atoms with van der Waals surface area (Å²) in [4.78, 5) is 23.4. The van der Waals surface area contributed by atoms with Gasteiger partial charge in [-0.15, -0.1) is 0 Å². The van der Waals surface area contributed by atoms with Gasteiger partial charge in [-0.25, -0.2) is 4.79 Å². The minimum Gasteiger partial charge on any atom is -0.478 e. The predicted molar refractivity (Wildman–Crippen MR) is 78.9 cm³/mol. The van der Waals surface area contributed by atoms with Gasteiger partial charge >= 0.3 is 5.97 Å². The van der Waals surface area contributed by atoms with Crippen LogP contribution in [-0.2, 0) is 0 Å². The molecule has 7 heteroatoms. The van der Waals surface area contributed by atoms with Gasteiger partial charge < -0.3 is 15.1 Å². The third-order valence-corrected chi connectivity index (χ3v) is 3.46. The van der Waals surface area contributed by atoms with E-state index in [0.717, 1.165) is 12.8 Å². The van der Waals surface area contributed by atoms with Crippen LogP contribution in [0.1, 0.15) is 37.0 Å². The SMILES string of the molecule is CCC(CC)N(CCO)c1cc([N+](=O)[O-])ccc1C(=O)O. The largest absolute Gasteiger partial charge is 0.478 e. The van der Waals surface area contributed by atoms with Crippen LogP contribution in [0.4, 0.5) is 11.4 Å². The van der Waals surface area contributed by atoms with E-state index in [9.17, 15) is 25.1 Å². The Labute approximate surface area is 123 Å². The van der Waals surface area contributed by atoms with Crippen LogP contribution < -0.4 is 4.90 Å². The second-order valence-corrected chi connectivity index (χ2v) is 4.65. The van der Waals surface area contributed by atoms with E-state index in [4.69, 9.17) is 0 Å². The molecule has 2 N–H and O–H groups in total. The minimum atomic E-state index is -1.14. The van der Waals surface area contributed by atoms with Gasteiger partial charge in [-0.2, -0.15) is 0 Å². The van der Waals surface area contributed by atoms with E-state index in [1.165, 1.54) is 18.2 Å². The number of aliphatic hydroxyl groups excluding tert-OH is 1. The number of aromatic carboxylic acids is 1. The minimum absolute atomic E-state index is 0.000880. The molecule has 0 aromatic heterocycles. The molecule has 0 saturated heterocycles. The lowest BCUT2D eigenvalue weighted by atomic mass is 10.1. The summed E-state index contributed by atoms with van der Waals surface area (Å²) in [5.41, 5.74) is 0.115. The van der Waals surface area contributed by atoms with E-state index in [-0.39, 0.29) is 36.1 Å². The average Bonchev–Trinajstić information content (AvgIpc) is 2.46. The number of benzene rings is 1. The van der Waals surface area contributed by atoms with Gasteiger partial charge in [0.15, 0.2) is 0 Å². The molecule has 0 unspecified atom stereocenters. The van der Waals surface area contributed by atoms with Crippen LogP contribution in [0.25, 0.3) is 0 Å². The summed E-state index contributed by atoms with van der Waals surface area (Å²) < 4.78 is 0. The number of non-ortho nitro benzene ring substituents is 1. The standard InChI is InChI=1S/C14H20N2O5/c1-3-10(4-2)15(7-8-17)13-9-11(16(20)21)5-6-12(13)14(18)19/h5-6,9-10,17H,3-4,7-8H2,1-2H3,(H,18,19). The van der Waals surface area contributed by atoms with Crippen molar-refractivity contribution in [2.75, 3.05) is 18.1 Å². The fraction of sp³-hybridized carbons (Fsp3) is 0.500. The lowest BCUT2D eigenvalue weighted by molar-refractivity contribution is -0.384. The summed E-state index contributed by atoms with van der Waals surface area (Å²) in [5.74, 6) is -1.14. The van der Waals surface area contributed by atoms with Crippen LogP contribution in [0.5, 0.6) is 0 Å². The smallest absolute Gasteiger partial charge is 0.337 e. The van der Waals surface area contributed by atoms with Crippen molar-refractivity contribution in [3.05, 3.63) is 33.9 Å². The predicted octanol–water partition coefficient (Wildman–Crippen LogP) is 2.28. The van der Waals surface area contributed by atoms with Gasteiger partial charge in [-0.05, 0) is 18.9 Å². The van der Waals surface area contributed by atoms with E-state index in [0.29, 0.717) is 0 Å². The van der Waals surface area contributed by atoms with Crippen molar-refractivity contribution in [3.63, 3.8) is 0 Å². The van der Waals surface area contributed by atoms with Gasteiger partial charge in [0.05, 0.1) is 22.8 Å². The van der Waals surface area contributed by atoms with E-state index >= 15 is 0 Å². The molecule has 1 aromatic carbocycles. The molecule has 1 aromatic rings. The van der Waals surface area contributed by atoms with E-state index in [2.05, 4.69) is 0 Å². The monoisotopic (exact) mass is 296 g/mol. The summed E-state index contributed by atoms with van der Waals surface area (Å²) in [7, 11) is 0. The normalized spacial score (nSPS) is 10.7. The van der Waals surface area contributed by atoms with Crippen LogP contribution in [-0.4, -0.2) is 40.3 Å². The number of nitro groups is 1. The molecule has 0 heterocycles. The van der Waals surface area contributed by atoms with Crippen molar-refractivity contribution in [2.24, 2.45) is 0 Å². The van der Waals surface area contributed by atoms with E-state index in [1.807, 2.05) is 13.8 Å². The molecular formula is C14H20N2O5. The number of nitro benzene ring substituents is 1. The van der Waals surface area contributed by atoms with Crippen molar-refractivity contribution >= 4 is 17.3 Å². The lowest BCUT2D eigenvalue weighted by Crippen LogP contribution is -2.37. The zero-order valence-electron chi connectivity index (χ0n) is 12.2. The summed E-state index contributed by atoms with van der Waals surface area (Å²) in [6.07, 6.45) is 1.50. The number of nitrogens with zero attached hydrogens (tertiary/aromatic N) is 2. The maximum Gasteiger partial charge on any atom is 0.337 e. The van der Waals surface area contributed by atoms with Crippen molar-refractivity contribution in [1.82, 2.24) is 0 Å². The highest BCUT2D eigenvalue weighted by molar-refractivity contribution is 5.95. The highest BCUT2D eigenvalue weighted by atomic mass is 16.6. The number of carbonyl (C=O) groups is 1. The number of carboxylic acids is 1. The van der Waals surface area contributed by atoms with Crippen LogP contribution in [0, 0.1) is 10.1 Å². The molecule has 0 atom stereocenters. The maximum atomic E-state index is 11.4. The molecule has 7 nitrogen and oxygen atoms in total. The molecule has 116 valence electrons. The Kier molecular flexibility index (Phi) is 6.10. The summed E-state index contributed by atoms with van der Waals surface area (Å²) in [6, 6.07) is 3.69. The Morgan fingerprint density at radius 1 is 1.38 bits per heavy atom. The average molecular weight is 296 g/mol. The zero-order valence-corrected chi connectivity index (χ0v) is 12.2. The first kappa shape index (κ1) is 16.9. The summed E-state index contributed by atoms with van der Waals surface area (Å²) in [6.45, 7) is 3.98. The Morgan fingerprint density at radius 3 is 2.43 bits per heavy atom. The van der Waals surface area contributed by atoms with Gasteiger partial charge in [-0.1, -0.05) is 13.8 Å². The van der Waals surface area contributed by atoms with Crippen LogP contribution in [0.15, 0.2) is 18.2 Å². The van der Waals surface area contributed by atoms with Crippen molar-refractivity contribution in [3.8, 4) is 0 Å². The van der Waals surface area contributed by atoms with Crippen molar-refractivity contribution in [2.45, 2.75) is 32.7 Å². The number of aliphatic hydroxyl groups is 1. The number of rotatable bonds is 8. The number of hydrogen-bond donors (Lipinski definition) is 2. The first-order valence-corrected chi connectivity index (χ1v) is 6.85. The Balaban J connectivity index is 3.41. The molecule has 0 aliphatic carbocycles. The fourth-order valence-electron chi connectivity index (χ4n) is 2.39. The lowest BCUT2D eigenvalue weighted by Gasteiger charge is -2.33. The first-order chi connectivity index (χ1) is 9.96. The Morgan fingerprint density at radius 2 is 2.00 bits per heavy atom. The Hall–Kier alpha value is -2.15. The topological polar surface area (TPSA) is 104 Å². The van der Waals surface area contributed by atoms with Gasteiger partial charge in [0.2, 0.25) is 0 Å². The van der Waals surface area contributed by atoms with Crippen LogP contribution in [0.2, 0.25) is 0 Å². The third kappa shape index (κ3) is 3.91. The maximum absolute atomic E-state index is 11.4. The molecule has 0 aliphatic heterocycles. The van der Waals surface area contributed by atoms with Crippen molar-refractivity contribution < 1.29 is 19.9 Å². The summed E-state index contributed by atoms with van der Waals surface area (Å²) in [5, 5.41) is 29.4. The number of carboxylic acid groups (broad SMARTS) is 1. The molecule has 0 aliphatic rings. The molecule has 0 fully saturated rings. The molecule has 0 bridgehead atoms. The first-order valence-electron chi connectivity index (χ1n) is 6.85. The number of anilines is 1. The highest BCUT2D eigenvalue weighted by Gasteiger charge is 2.23. The quantitative estimate of drug-likeness (QED) is 0.563. The highest BCUT2D eigenvalue weighted by Crippen LogP contribution is 2.29. The third-order valence-electron chi connectivity index (χ3n) is 3.46. The molecule has 21 heavy (non-hydrogen) atoms. The van der Waals surface area contributed by atoms with Gasteiger partial charge in [-0.3, -0.25) is 10.1 Å². The number of hydrogen-bond acceptors (Lipinski definition) is 5. The zero-order chi connectivity index (χ0) is 16.0. The second-order valence-electron chi connectivity index (χ2n) is 4.65. The summed E-state index contributed by atoms with van der Waals surface area (Å²) >= 11 is 0. The molecule has 0 spiro atoms. The molecule has 1 rings (SSSR count). The second kappa shape index (κ2) is 7.58. The van der Waals surface area contributed by atoms with Crippen molar-refractivity contribution in [1.29, 1.82) is 0 Å². The van der Waals surface area contributed by atoms with Gasteiger partial charge in [0, 0.05) is 24.7 Å². The molecular weight excluding hydrogens is 276 g/mol.